The molecule has 0 bridgehead atoms. The molecule has 0 fully saturated rings. The average molecular weight is 213 g/mol. The molecule has 3 heteroatoms. The zero-order valence-electron chi connectivity index (χ0n) is 9.48. The van der Waals surface area contributed by atoms with Gasteiger partial charge in [0.25, 0.3) is 0 Å². The molecular formula is C13H15N3. The second-order valence-corrected chi connectivity index (χ2v) is 4.43. The predicted octanol–water partition coefficient (Wildman–Crippen LogP) is 2.45. The van der Waals surface area contributed by atoms with E-state index in [9.17, 15) is 0 Å². The minimum atomic E-state index is 1.06. The van der Waals surface area contributed by atoms with Crippen molar-refractivity contribution in [3.05, 3.63) is 41.2 Å². The Kier molecular flexibility index (Phi) is 2.24. The Hall–Kier alpha value is -1.64. The highest BCUT2D eigenvalue weighted by Gasteiger charge is 2.15. The molecule has 16 heavy (non-hydrogen) atoms. The van der Waals surface area contributed by atoms with Crippen LogP contribution in [0.3, 0.4) is 0 Å². The van der Waals surface area contributed by atoms with Crippen molar-refractivity contribution in [3.8, 4) is 5.69 Å². The van der Waals surface area contributed by atoms with E-state index in [1.54, 1.807) is 4.80 Å². The Bertz CT molecular complexity index is 473. The van der Waals surface area contributed by atoms with E-state index in [0.717, 1.165) is 18.5 Å². The normalized spacial score (nSPS) is 14.8. The maximum atomic E-state index is 4.56. The quantitative estimate of drug-likeness (QED) is 0.728. The third kappa shape index (κ3) is 1.62. The minimum Gasteiger partial charge on any atom is -0.153 e. The van der Waals surface area contributed by atoms with E-state index in [1.807, 2.05) is 0 Å². The summed E-state index contributed by atoms with van der Waals surface area (Å²) in [5.41, 5.74) is 4.69. The number of aromatic nitrogens is 3. The van der Waals surface area contributed by atoms with Crippen molar-refractivity contribution in [1.29, 1.82) is 0 Å². The van der Waals surface area contributed by atoms with Crippen LogP contribution < -0.4 is 0 Å². The van der Waals surface area contributed by atoms with Crippen LogP contribution in [0.25, 0.3) is 5.69 Å². The lowest BCUT2D eigenvalue weighted by Crippen LogP contribution is -2.00. The van der Waals surface area contributed by atoms with E-state index in [4.69, 9.17) is 0 Å². The van der Waals surface area contributed by atoms with Crippen LogP contribution >= 0.6 is 0 Å². The first-order valence-electron chi connectivity index (χ1n) is 5.85. The molecule has 3 rings (SSSR count). The fourth-order valence-corrected chi connectivity index (χ4v) is 2.13. The van der Waals surface area contributed by atoms with Gasteiger partial charge in [0.15, 0.2) is 0 Å². The van der Waals surface area contributed by atoms with Crippen molar-refractivity contribution >= 4 is 0 Å². The predicted molar refractivity (Wildman–Crippen MR) is 62.7 cm³/mol. The smallest absolute Gasteiger partial charge is 0.0863 e. The third-order valence-electron chi connectivity index (χ3n) is 3.11. The van der Waals surface area contributed by atoms with E-state index in [1.165, 1.54) is 29.8 Å². The van der Waals surface area contributed by atoms with Gasteiger partial charge in [0.1, 0.15) is 0 Å². The molecule has 1 aromatic heterocycles. The summed E-state index contributed by atoms with van der Waals surface area (Å²) in [4.78, 5) is 1.77. The lowest BCUT2D eigenvalue weighted by molar-refractivity contribution is 0.667. The number of rotatable bonds is 1. The first kappa shape index (κ1) is 9.58. The molecule has 0 N–H and O–H groups in total. The van der Waals surface area contributed by atoms with Gasteiger partial charge in [-0.25, -0.2) is 0 Å². The van der Waals surface area contributed by atoms with Crippen molar-refractivity contribution in [2.24, 2.45) is 0 Å². The highest BCUT2D eigenvalue weighted by molar-refractivity contribution is 5.32. The van der Waals surface area contributed by atoms with Gasteiger partial charge in [-0.15, -0.1) is 0 Å². The Morgan fingerprint density at radius 2 is 1.50 bits per heavy atom. The number of fused-ring (bicyclic) bond motifs is 1. The molecule has 1 heterocycles. The van der Waals surface area contributed by atoms with Crippen LogP contribution in [0.4, 0.5) is 0 Å². The zero-order chi connectivity index (χ0) is 11.0. The molecule has 82 valence electrons. The lowest BCUT2D eigenvalue weighted by Gasteiger charge is -2.04. The van der Waals surface area contributed by atoms with Crippen LogP contribution in [-0.4, -0.2) is 15.0 Å². The monoisotopic (exact) mass is 213 g/mol. The van der Waals surface area contributed by atoms with Crippen LogP contribution in [-0.2, 0) is 12.8 Å². The van der Waals surface area contributed by atoms with Gasteiger partial charge < -0.3 is 0 Å². The molecule has 1 aromatic carbocycles. The van der Waals surface area contributed by atoms with E-state index >= 15 is 0 Å². The minimum absolute atomic E-state index is 1.06. The maximum Gasteiger partial charge on any atom is 0.0863 e. The van der Waals surface area contributed by atoms with Gasteiger partial charge in [-0.2, -0.15) is 15.0 Å². The van der Waals surface area contributed by atoms with Crippen LogP contribution in [0.1, 0.15) is 29.8 Å². The standard InChI is InChI=1S/C13H15N3/c1-10-6-8-11(9-7-10)16-14-12-4-2-3-5-13(12)15-16/h6-9H,2-5H2,1H3. The van der Waals surface area contributed by atoms with Gasteiger partial charge in [-0.05, 0) is 44.7 Å². The van der Waals surface area contributed by atoms with Gasteiger partial charge in [0, 0.05) is 0 Å². The number of hydrogen-bond acceptors (Lipinski definition) is 2. The van der Waals surface area contributed by atoms with Gasteiger partial charge in [0.2, 0.25) is 0 Å². The average Bonchev–Trinajstić information content (AvgIpc) is 2.73. The molecule has 0 spiro atoms. The van der Waals surface area contributed by atoms with Gasteiger partial charge in [0.05, 0.1) is 17.1 Å². The zero-order valence-corrected chi connectivity index (χ0v) is 9.48. The molecule has 0 radical (unpaired) electrons. The van der Waals surface area contributed by atoms with Crippen LogP contribution in [0.2, 0.25) is 0 Å². The summed E-state index contributed by atoms with van der Waals surface area (Å²) < 4.78 is 0. The summed E-state index contributed by atoms with van der Waals surface area (Å²) in [6, 6.07) is 8.33. The Morgan fingerprint density at radius 3 is 2.06 bits per heavy atom. The summed E-state index contributed by atoms with van der Waals surface area (Å²) in [7, 11) is 0. The van der Waals surface area contributed by atoms with Crippen LogP contribution in [0, 0.1) is 6.92 Å². The summed E-state index contributed by atoms with van der Waals surface area (Å²) in [6.07, 6.45) is 4.67. The van der Waals surface area contributed by atoms with Crippen molar-refractivity contribution in [1.82, 2.24) is 15.0 Å². The van der Waals surface area contributed by atoms with Crippen molar-refractivity contribution in [3.63, 3.8) is 0 Å². The number of aryl methyl sites for hydroxylation is 3. The summed E-state index contributed by atoms with van der Waals surface area (Å²) in [6.45, 7) is 2.09. The van der Waals surface area contributed by atoms with Gasteiger partial charge in [-0.1, -0.05) is 17.7 Å². The van der Waals surface area contributed by atoms with Gasteiger partial charge >= 0.3 is 0 Å². The SMILES string of the molecule is Cc1ccc(-n2nc3c(n2)CCCC3)cc1. The largest absolute Gasteiger partial charge is 0.153 e. The number of nitrogens with zero attached hydrogens (tertiary/aromatic N) is 3. The molecule has 0 unspecified atom stereocenters. The number of benzene rings is 1. The summed E-state index contributed by atoms with van der Waals surface area (Å²) in [5.74, 6) is 0. The van der Waals surface area contributed by atoms with Gasteiger partial charge in [-0.3, -0.25) is 0 Å². The molecular weight excluding hydrogens is 198 g/mol. The lowest BCUT2D eigenvalue weighted by atomic mass is 10.0. The first-order chi connectivity index (χ1) is 7.83. The highest BCUT2D eigenvalue weighted by Crippen LogP contribution is 2.18. The molecule has 0 atom stereocenters. The molecule has 0 amide bonds. The van der Waals surface area contributed by atoms with Crippen LogP contribution in [0.15, 0.2) is 24.3 Å². The van der Waals surface area contributed by atoms with E-state index < -0.39 is 0 Å². The molecule has 2 aromatic rings. The number of hydrogen-bond donors (Lipinski definition) is 0. The van der Waals surface area contributed by atoms with Crippen LogP contribution in [0.5, 0.6) is 0 Å². The van der Waals surface area contributed by atoms with Crippen molar-refractivity contribution in [2.45, 2.75) is 32.6 Å². The second-order valence-electron chi connectivity index (χ2n) is 4.43. The molecule has 3 nitrogen and oxygen atoms in total. The molecule has 1 aliphatic carbocycles. The maximum absolute atomic E-state index is 4.56. The second kappa shape index (κ2) is 3.74. The van der Waals surface area contributed by atoms with E-state index in [-0.39, 0.29) is 0 Å². The summed E-state index contributed by atoms with van der Waals surface area (Å²) >= 11 is 0. The fourth-order valence-electron chi connectivity index (χ4n) is 2.13. The van der Waals surface area contributed by atoms with Crippen molar-refractivity contribution < 1.29 is 0 Å². The Labute approximate surface area is 95.1 Å². The summed E-state index contributed by atoms with van der Waals surface area (Å²) in [5, 5.41) is 9.11. The van der Waals surface area contributed by atoms with E-state index in [2.05, 4.69) is 41.4 Å². The molecule has 0 saturated carbocycles. The molecule has 1 aliphatic rings. The highest BCUT2D eigenvalue weighted by atomic mass is 15.5. The fraction of sp³-hybridized carbons (Fsp3) is 0.385. The van der Waals surface area contributed by atoms with Crippen molar-refractivity contribution in [2.75, 3.05) is 0 Å². The van der Waals surface area contributed by atoms with E-state index in [0.29, 0.717) is 0 Å². The Morgan fingerprint density at radius 1 is 0.938 bits per heavy atom. The topological polar surface area (TPSA) is 30.7 Å². The molecule has 0 saturated heterocycles. The first-order valence-corrected chi connectivity index (χ1v) is 5.85. The Balaban J connectivity index is 2.00. The third-order valence-corrected chi connectivity index (χ3v) is 3.11. The molecule has 0 aliphatic heterocycles.